The molecule has 4 rings (SSSR count). The predicted octanol–water partition coefficient (Wildman–Crippen LogP) is 2.13. The van der Waals surface area contributed by atoms with E-state index in [1.165, 1.54) is 21.6 Å². The van der Waals surface area contributed by atoms with Crippen LogP contribution >= 0.6 is 11.5 Å². The van der Waals surface area contributed by atoms with E-state index in [9.17, 15) is 9.59 Å². The molecule has 1 aromatic carbocycles. The minimum Gasteiger partial charge on any atom is -0.270 e. The van der Waals surface area contributed by atoms with E-state index in [0.717, 1.165) is 23.7 Å². The van der Waals surface area contributed by atoms with Crippen LogP contribution in [0.1, 0.15) is 12.8 Å². The van der Waals surface area contributed by atoms with Gasteiger partial charge in [0.25, 0.3) is 11.8 Å². The molecule has 2 fully saturated rings. The van der Waals surface area contributed by atoms with E-state index >= 15 is 0 Å². The van der Waals surface area contributed by atoms with Gasteiger partial charge >= 0.3 is 0 Å². The lowest BCUT2D eigenvalue weighted by molar-refractivity contribution is -0.150. The van der Waals surface area contributed by atoms with Crippen molar-refractivity contribution in [2.45, 2.75) is 18.9 Å². The van der Waals surface area contributed by atoms with Crippen LogP contribution in [0.3, 0.4) is 0 Å². The number of carbonyl (C=O) groups is 2. The van der Waals surface area contributed by atoms with Crippen molar-refractivity contribution in [3.8, 4) is 0 Å². The third-order valence-electron chi connectivity index (χ3n) is 3.89. The molecule has 7 nitrogen and oxygen atoms in total. The lowest BCUT2D eigenvalue weighted by Crippen LogP contribution is -2.45. The van der Waals surface area contributed by atoms with E-state index < -0.39 is 6.04 Å². The second-order valence-electron chi connectivity index (χ2n) is 5.25. The molecular formula is C14H13N5O2S. The fraction of sp³-hybridized carbons (Fsp3) is 0.357. The van der Waals surface area contributed by atoms with Crippen molar-refractivity contribution in [3.63, 3.8) is 0 Å². The molecule has 0 N–H and O–H groups in total. The highest BCUT2D eigenvalue weighted by molar-refractivity contribution is 7.11. The van der Waals surface area contributed by atoms with E-state index in [1.54, 1.807) is 0 Å². The summed E-state index contributed by atoms with van der Waals surface area (Å²) < 4.78 is 4.27. The molecule has 2 aromatic rings. The molecule has 0 saturated carbocycles. The second-order valence-corrected chi connectivity index (χ2v) is 6.00. The SMILES string of the molecule is O=C1C(/N=N/c2snc3ccccc23)C(=O)N2CCCCN12. The van der Waals surface area contributed by atoms with Gasteiger partial charge in [-0.05, 0) is 36.5 Å². The summed E-state index contributed by atoms with van der Waals surface area (Å²) in [5.41, 5.74) is 0.840. The van der Waals surface area contributed by atoms with Crippen LogP contribution in [0.2, 0.25) is 0 Å². The number of benzene rings is 1. The minimum absolute atomic E-state index is 0.276. The van der Waals surface area contributed by atoms with E-state index in [1.807, 2.05) is 24.3 Å². The van der Waals surface area contributed by atoms with Crippen molar-refractivity contribution in [3.05, 3.63) is 24.3 Å². The molecule has 0 atom stereocenters. The number of azo groups is 1. The third kappa shape index (κ3) is 1.98. The number of hydrogen-bond acceptors (Lipinski definition) is 6. The van der Waals surface area contributed by atoms with Crippen LogP contribution in [-0.2, 0) is 9.59 Å². The largest absolute Gasteiger partial charge is 0.277 e. The summed E-state index contributed by atoms with van der Waals surface area (Å²) in [5.74, 6) is -0.551. The van der Waals surface area contributed by atoms with Crippen molar-refractivity contribution in [2.24, 2.45) is 10.2 Å². The van der Waals surface area contributed by atoms with Crippen molar-refractivity contribution < 1.29 is 9.59 Å². The fourth-order valence-electron chi connectivity index (χ4n) is 2.77. The van der Waals surface area contributed by atoms with E-state index in [0.29, 0.717) is 18.1 Å². The van der Waals surface area contributed by atoms with Crippen LogP contribution in [0, 0.1) is 0 Å². The Balaban J connectivity index is 1.63. The summed E-state index contributed by atoms with van der Waals surface area (Å²) in [4.78, 5) is 24.5. The van der Waals surface area contributed by atoms with Gasteiger partial charge < -0.3 is 0 Å². The van der Waals surface area contributed by atoms with E-state index in [2.05, 4.69) is 14.6 Å². The normalized spacial score (nSPS) is 19.6. The first-order valence-corrected chi connectivity index (χ1v) is 7.91. The van der Waals surface area contributed by atoms with Gasteiger partial charge in [0, 0.05) is 18.5 Å². The number of hydrazine groups is 1. The van der Waals surface area contributed by atoms with Crippen molar-refractivity contribution in [1.82, 2.24) is 14.4 Å². The van der Waals surface area contributed by atoms with Crippen LogP contribution in [0.15, 0.2) is 34.5 Å². The van der Waals surface area contributed by atoms with Crippen LogP contribution < -0.4 is 0 Å². The first-order valence-electron chi connectivity index (χ1n) is 7.13. The first kappa shape index (κ1) is 13.3. The minimum atomic E-state index is -1.04. The van der Waals surface area contributed by atoms with Gasteiger partial charge in [0.05, 0.1) is 5.52 Å². The number of hydrogen-bond donors (Lipinski definition) is 0. The lowest BCUT2D eigenvalue weighted by atomic mass is 10.2. The third-order valence-corrected chi connectivity index (χ3v) is 4.65. The molecule has 2 amide bonds. The summed E-state index contributed by atoms with van der Waals surface area (Å²) >= 11 is 1.21. The summed E-state index contributed by atoms with van der Waals surface area (Å²) in [6.45, 7) is 1.17. The topological polar surface area (TPSA) is 78.2 Å². The van der Waals surface area contributed by atoms with Gasteiger partial charge in [0.1, 0.15) is 0 Å². The Hall–Kier alpha value is -2.35. The number of amides is 2. The van der Waals surface area contributed by atoms with Gasteiger partial charge in [-0.1, -0.05) is 12.1 Å². The fourth-order valence-corrected chi connectivity index (χ4v) is 3.47. The van der Waals surface area contributed by atoms with Crippen LogP contribution in [0.4, 0.5) is 5.00 Å². The smallest absolute Gasteiger partial charge is 0.270 e. The lowest BCUT2D eigenvalue weighted by Gasteiger charge is -2.31. The molecule has 2 saturated heterocycles. The van der Waals surface area contributed by atoms with Gasteiger partial charge in [0.15, 0.2) is 5.00 Å². The molecular weight excluding hydrogens is 302 g/mol. The monoisotopic (exact) mass is 315 g/mol. The highest BCUT2D eigenvalue weighted by Crippen LogP contribution is 2.31. The number of rotatable bonds is 2. The maximum Gasteiger partial charge on any atom is 0.277 e. The maximum absolute atomic E-state index is 12.3. The zero-order valence-electron chi connectivity index (χ0n) is 11.7. The Kier molecular flexibility index (Phi) is 3.11. The van der Waals surface area contributed by atoms with Gasteiger partial charge in [-0.25, -0.2) is 10.0 Å². The highest BCUT2D eigenvalue weighted by atomic mass is 32.1. The van der Waals surface area contributed by atoms with E-state index in [4.69, 9.17) is 0 Å². The second kappa shape index (κ2) is 5.13. The summed E-state index contributed by atoms with van der Waals surface area (Å²) in [6, 6.07) is 6.55. The zero-order valence-corrected chi connectivity index (χ0v) is 12.5. The number of fused-ring (bicyclic) bond motifs is 2. The number of nitrogens with zero attached hydrogens (tertiary/aromatic N) is 5. The van der Waals surface area contributed by atoms with Crippen molar-refractivity contribution in [1.29, 1.82) is 0 Å². The Labute approximate surface area is 130 Å². The Morgan fingerprint density at radius 1 is 1.09 bits per heavy atom. The van der Waals surface area contributed by atoms with Crippen LogP contribution in [-0.4, -0.2) is 45.3 Å². The molecule has 2 aliphatic heterocycles. The van der Waals surface area contributed by atoms with Crippen LogP contribution in [0.5, 0.6) is 0 Å². The Bertz CT molecular complexity index is 762. The highest BCUT2D eigenvalue weighted by Gasteiger charge is 2.46. The molecule has 8 heteroatoms. The molecule has 0 aliphatic carbocycles. The average Bonchev–Trinajstić information content (AvgIpc) is 3.07. The standard InChI is InChI=1S/C14H13N5O2S/c20-13-11(14(21)19-8-4-3-7-18(13)19)15-16-12-9-5-1-2-6-10(9)17-22-12/h1-2,5-6,11H,3-4,7-8H2/b16-15+. The van der Waals surface area contributed by atoms with E-state index in [-0.39, 0.29) is 11.8 Å². The quantitative estimate of drug-likeness (QED) is 0.629. The van der Waals surface area contributed by atoms with Gasteiger partial charge in [-0.2, -0.15) is 9.49 Å². The predicted molar refractivity (Wildman–Crippen MR) is 80.6 cm³/mol. The molecule has 0 unspecified atom stereocenters. The molecule has 112 valence electrons. The average molecular weight is 315 g/mol. The van der Waals surface area contributed by atoms with Gasteiger partial charge in [-0.3, -0.25) is 9.59 Å². The summed E-state index contributed by atoms with van der Waals surface area (Å²) in [7, 11) is 0. The Morgan fingerprint density at radius 3 is 2.50 bits per heavy atom. The molecule has 22 heavy (non-hydrogen) atoms. The van der Waals surface area contributed by atoms with Gasteiger partial charge in [0.2, 0.25) is 6.04 Å². The molecule has 2 aliphatic rings. The molecule has 0 spiro atoms. The van der Waals surface area contributed by atoms with Crippen LogP contribution in [0.25, 0.3) is 10.9 Å². The molecule has 0 bridgehead atoms. The Morgan fingerprint density at radius 2 is 1.77 bits per heavy atom. The zero-order chi connectivity index (χ0) is 15.1. The van der Waals surface area contributed by atoms with Crippen molar-refractivity contribution in [2.75, 3.05) is 13.1 Å². The first-order chi connectivity index (χ1) is 10.8. The summed E-state index contributed by atoms with van der Waals surface area (Å²) in [5, 5.41) is 12.6. The molecule has 1 aromatic heterocycles. The number of carbonyl (C=O) groups excluding carboxylic acids is 2. The van der Waals surface area contributed by atoms with Gasteiger partial charge in [-0.15, -0.1) is 5.11 Å². The van der Waals surface area contributed by atoms with Crippen molar-refractivity contribution >= 4 is 39.3 Å². The number of aromatic nitrogens is 1. The molecule has 3 heterocycles. The summed E-state index contributed by atoms with van der Waals surface area (Å²) in [6.07, 6.45) is 1.83. The maximum atomic E-state index is 12.3. The molecule has 0 radical (unpaired) electrons.